The Balaban J connectivity index is 1.48. The van der Waals surface area contributed by atoms with Crippen molar-refractivity contribution in [2.45, 2.75) is 37.8 Å². The summed E-state index contributed by atoms with van der Waals surface area (Å²) in [5.41, 5.74) is 0.0997. The zero-order valence-corrected chi connectivity index (χ0v) is 23.0. The van der Waals surface area contributed by atoms with Crippen LogP contribution in [0.15, 0.2) is 41.3 Å². The molecule has 1 saturated heterocycles. The Morgan fingerprint density at radius 2 is 1.90 bits per heavy atom. The predicted octanol–water partition coefficient (Wildman–Crippen LogP) is 4.74. The Labute approximate surface area is 227 Å². The lowest BCUT2D eigenvalue weighted by molar-refractivity contribution is -0.137. The second-order valence-corrected chi connectivity index (χ2v) is 11.9. The number of benzene rings is 2. The molecule has 2 aromatic carbocycles. The summed E-state index contributed by atoms with van der Waals surface area (Å²) < 4.78 is 72.3. The minimum atomic E-state index is -4.66. The van der Waals surface area contributed by atoms with Gasteiger partial charge in [-0.3, -0.25) is 9.59 Å². The number of rotatable bonds is 7. The monoisotopic (exact) mass is 584 g/mol. The molecule has 3 aromatic rings. The molecule has 1 aliphatic rings. The number of halogens is 3. The van der Waals surface area contributed by atoms with Crippen LogP contribution in [0.3, 0.4) is 0 Å². The van der Waals surface area contributed by atoms with Gasteiger partial charge >= 0.3 is 6.18 Å². The van der Waals surface area contributed by atoms with Crippen LogP contribution in [0.1, 0.15) is 32.3 Å². The van der Waals surface area contributed by atoms with Gasteiger partial charge in [0.05, 0.1) is 28.0 Å². The van der Waals surface area contributed by atoms with Gasteiger partial charge in [0.1, 0.15) is 11.3 Å². The predicted molar refractivity (Wildman–Crippen MR) is 141 cm³/mol. The first-order chi connectivity index (χ1) is 18.4. The first kappa shape index (κ1) is 28.8. The van der Waals surface area contributed by atoms with Crippen molar-refractivity contribution in [3.8, 4) is 5.75 Å². The van der Waals surface area contributed by atoms with Gasteiger partial charge in [-0.05, 0) is 50.1 Å². The number of hydrogen-bond donors (Lipinski definition) is 1. The third kappa shape index (κ3) is 5.87. The number of ether oxygens (including phenoxy) is 1. The molecule has 1 aliphatic heterocycles. The second-order valence-electron chi connectivity index (χ2n) is 8.94. The molecular formula is C25H27F3N4O5S2. The molecule has 4 rings (SSSR count). The lowest BCUT2D eigenvalue weighted by Gasteiger charge is -2.30. The van der Waals surface area contributed by atoms with Gasteiger partial charge in [-0.15, -0.1) is 0 Å². The Morgan fingerprint density at radius 3 is 2.49 bits per heavy atom. The number of nitrogens with zero attached hydrogens (tertiary/aromatic N) is 3. The second kappa shape index (κ2) is 11.1. The smallest absolute Gasteiger partial charge is 0.416 e. The van der Waals surface area contributed by atoms with E-state index in [2.05, 4.69) is 10.3 Å². The Bertz CT molecular complexity index is 1500. The highest BCUT2D eigenvalue weighted by molar-refractivity contribution is 7.89. The molecule has 2 heterocycles. The zero-order chi connectivity index (χ0) is 28.5. The van der Waals surface area contributed by atoms with E-state index in [9.17, 15) is 31.2 Å². The summed E-state index contributed by atoms with van der Waals surface area (Å²) in [4.78, 5) is 30.8. The van der Waals surface area contributed by atoms with Crippen molar-refractivity contribution >= 4 is 54.2 Å². The highest BCUT2D eigenvalue weighted by Crippen LogP contribution is 2.40. The number of piperidine rings is 1. The van der Waals surface area contributed by atoms with E-state index in [4.69, 9.17) is 4.74 Å². The van der Waals surface area contributed by atoms with Gasteiger partial charge in [0.25, 0.3) is 0 Å². The number of hydrogen-bond acceptors (Lipinski definition) is 7. The third-order valence-corrected chi connectivity index (χ3v) is 9.43. The fourth-order valence-corrected chi connectivity index (χ4v) is 7.03. The lowest BCUT2D eigenvalue weighted by atomic mass is 9.97. The van der Waals surface area contributed by atoms with Gasteiger partial charge in [0.15, 0.2) is 5.13 Å². The van der Waals surface area contributed by atoms with E-state index in [1.54, 1.807) is 17.0 Å². The molecule has 210 valence electrons. The number of thiazole rings is 1. The summed E-state index contributed by atoms with van der Waals surface area (Å²) in [5, 5.41) is 3.10. The van der Waals surface area contributed by atoms with E-state index in [1.165, 1.54) is 25.4 Å². The van der Waals surface area contributed by atoms with Gasteiger partial charge in [0.2, 0.25) is 21.8 Å². The van der Waals surface area contributed by atoms with Crippen LogP contribution < -0.4 is 15.0 Å². The summed E-state index contributed by atoms with van der Waals surface area (Å²) in [6.45, 7) is 3.72. The molecule has 2 amide bonds. The first-order valence-corrected chi connectivity index (χ1v) is 14.4. The highest BCUT2D eigenvalue weighted by Gasteiger charge is 2.35. The Kier molecular flexibility index (Phi) is 8.19. The van der Waals surface area contributed by atoms with E-state index >= 15 is 0 Å². The average molecular weight is 585 g/mol. The van der Waals surface area contributed by atoms with E-state index in [-0.39, 0.29) is 37.7 Å². The molecule has 1 aromatic heterocycles. The zero-order valence-electron chi connectivity index (χ0n) is 21.4. The van der Waals surface area contributed by atoms with Crippen LogP contribution in [-0.4, -0.2) is 56.3 Å². The van der Waals surface area contributed by atoms with Crippen LogP contribution >= 0.6 is 11.3 Å². The van der Waals surface area contributed by atoms with E-state index in [1.807, 2.05) is 6.92 Å². The number of methoxy groups -OCH3 is 1. The maximum absolute atomic E-state index is 13.1. The van der Waals surface area contributed by atoms with Crippen molar-refractivity contribution in [2.75, 3.05) is 37.0 Å². The topological polar surface area (TPSA) is 109 Å². The van der Waals surface area contributed by atoms with Crippen molar-refractivity contribution in [1.82, 2.24) is 9.29 Å². The fourth-order valence-electron chi connectivity index (χ4n) is 4.51. The molecule has 0 saturated carbocycles. The Morgan fingerprint density at radius 1 is 1.21 bits per heavy atom. The van der Waals surface area contributed by atoms with E-state index in [0.29, 0.717) is 39.4 Å². The summed E-state index contributed by atoms with van der Waals surface area (Å²) in [7, 11) is -2.66. The number of alkyl halides is 3. The van der Waals surface area contributed by atoms with Crippen LogP contribution in [0.25, 0.3) is 10.2 Å². The van der Waals surface area contributed by atoms with Crippen molar-refractivity contribution in [2.24, 2.45) is 5.92 Å². The molecule has 1 fully saturated rings. The quantitative estimate of drug-likeness (QED) is 0.430. The normalized spacial score (nSPS) is 15.3. The number of amides is 2. The van der Waals surface area contributed by atoms with Gasteiger partial charge in [-0.1, -0.05) is 17.4 Å². The minimum Gasteiger partial charge on any atom is -0.494 e. The standard InChI is InChI=1S/C25H27F3N4O5S2/c1-4-32(15(2)33)19-8-9-20(37-3)21-22(19)38-24(29-21)30-23(34)16-10-12-31(13-11-16)39(35,36)18-7-5-6-17(14-18)25(26,27)28/h5-9,14,16H,4,10-13H2,1-3H3,(H,29,30,34). The molecule has 0 atom stereocenters. The first-order valence-electron chi connectivity index (χ1n) is 12.1. The summed E-state index contributed by atoms with van der Waals surface area (Å²) in [5.74, 6) is -0.520. The molecule has 1 N–H and O–H groups in total. The van der Waals surface area contributed by atoms with E-state index in [0.717, 1.165) is 22.5 Å². The fraction of sp³-hybridized carbons (Fsp3) is 0.400. The number of aromatic nitrogens is 1. The molecule has 0 radical (unpaired) electrons. The SMILES string of the molecule is CCN(C(C)=O)c1ccc(OC)c2nc(NC(=O)C3CCN(S(=O)(=O)c4cccc(C(F)(F)F)c4)CC3)sc12. The molecule has 0 bridgehead atoms. The van der Waals surface area contributed by atoms with Crippen LogP contribution in [0, 0.1) is 5.92 Å². The van der Waals surface area contributed by atoms with E-state index < -0.39 is 32.6 Å². The van der Waals surface area contributed by atoms with Gasteiger partial charge in [-0.2, -0.15) is 17.5 Å². The molecular weight excluding hydrogens is 557 g/mol. The van der Waals surface area contributed by atoms with Gasteiger partial charge in [0, 0.05) is 32.5 Å². The van der Waals surface area contributed by atoms with Crippen molar-refractivity contribution in [3.63, 3.8) is 0 Å². The van der Waals surface area contributed by atoms with Gasteiger partial charge in [-0.25, -0.2) is 13.4 Å². The largest absolute Gasteiger partial charge is 0.494 e. The molecule has 0 spiro atoms. The lowest BCUT2D eigenvalue weighted by Crippen LogP contribution is -2.41. The van der Waals surface area contributed by atoms with Crippen molar-refractivity contribution in [1.29, 1.82) is 0 Å². The van der Waals surface area contributed by atoms with Crippen LogP contribution in [0.5, 0.6) is 5.75 Å². The van der Waals surface area contributed by atoms with Crippen molar-refractivity contribution in [3.05, 3.63) is 42.0 Å². The minimum absolute atomic E-state index is 0.0153. The maximum atomic E-state index is 13.1. The number of carbonyl (C=O) groups excluding carboxylic acids is 2. The number of nitrogens with one attached hydrogen (secondary N) is 1. The van der Waals surface area contributed by atoms with Gasteiger partial charge < -0.3 is 15.0 Å². The molecule has 0 aliphatic carbocycles. The van der Waals surface area contributed by atoms with Crippen LogP contribution in [-0.2, 0) is 25.8 Å². The van der Waals surface area contributed by atoms with Crippen LogP contribution in [0.2, 0.25) is 0 Å². The number of sulfonamides is 1. The number of carbonyl (C=O) groups is 2. The third-order valence-electron chi connectivity index (χ3n) is 6.55. The highest BCUT2D eigenvalue weighted by atomic mass is 32.2. The Hall–Kier alpha value is -3.23. The number of fused-ring (bicyclic) bond motifs is 1. The van der Waals surface area contributed by atoms with Crippen molar-refractivity contribution < 1.29 is 35.9 Å². The molecule has 0 unspecified atom stereocenters. The summed E-state index contributed by atoms with van der Waals surface area (Å²) in [6.07, 6.45) is -4.28. The summed E-state index contributed by atoms with van der Waals surface area (Å²) >= 11 is 1.20. The molecule has 9 nitrogen and oxygen atoms in total. The average Bonchev–Trinajstić information content (AvgIpc) is 3.32. The summed E-state index contributed by atoms with van der Waals surface area (Å²) in [6, 6.07) is 7.09. The van der Waals surface area contributed by atoms with Crippen LogP contribution in [0.4, 0.5) is 24.0 Å². The molecule has 39 heavy (non-hydrogen) atoms. The number of anilines is 2. The molecule has 14 heteroatoms. The maximum Gasteiger partial charge on any atom is 0.416 e.